The fourth-order valence-corrected chi connectivity index (χ4v) is 1.59. The zero-order chi connectivity index (χ0) is 9.42. The molecule has 1 aliphatic rings. The minimum atomic E-state index is 0.00222. The van der Waals surface area contributed by atoms with Gasteiger partial charge < -0.3 is 11.1 Å². The Morgan fingerprint density at radius 3 is 3.23 bits per heavy atom. The van der Waals surface area contributed by atoms with E-state index >= 15 is 0 Å². The van der Waals surface area contributed by atoms with Crippen LogP contribution in [-0.4, -0.2) is 17.4 Å². The number of amidine groups is 1. The number of hydrogen-bond acceptors (Lipinski definition) is 3. The summed E-state index contributed by atoms with van der Waals surface area (Å²) >= 11 is 0. The van der Waals surface area contributed by atoms with Crippen molar-refractivity contribution < 1.29 is 0 Å². The molecule has 2 heterocycles. The van der Waals surface area contributed by atoms with Gasteiger partial charge in [-0.3, -0.25) is 5.41 Å². The molecule has 2 rings (SSSR count). The molecule has 1 aromatic heterocycles. The zero-order valence-corrected chi connectivity index (χ0v) is 7.46. The number of fused-ring (bicyclic) bond motifs is 1. The van der Waals surface area contributed by atoms with E-state index in [1.54, 1.807) is 0 Å². The number of rotatable bonds is 1. The van der Waals surface area contributed by atoms with E-state index in [4.69, 9.17) is 11.1 Å². The Labute approximate surface area is 76.7 Å². The summed E-state index contributed by atoms with van der Waals surface area (Å²) in [5.74, 6) is 1.08. The van der Waals surface area contributed by atoms with Gasteiger partial charge in [0.05, 0.1) is 5.92 Å². The normalized spacial score (nSPS) is 19.3. The lowest BCUT2D eigenvalue weighted by Gasteiger charge is -2.06. The van der Waals surface area contributed by atoms with Crippen molar-refractivity contribution in [2.75, 3.05) is 11.9 Å². The average molecular weight is 176 g/mol. The minimum Gasteiger partial charge on any atom is -0.387 e. The molecule has 1 unspecified atom stereocenters. The van der Waals surface area contributed by atoms with E-state index < -0.39 is 0 Å². The Morgan fingerprint density at radius 2 is 2.54 bits per heavy atom. The smallest absolute Gasteiger partial charge is 0.129 e. The van der Waals surface area contributed by atoms with Gasteiger partial charge in [0.25, 0.3) is 0 Å². The molecular weight excluding hydrogens is 164 g/mol. The van der Waals surface area contributed by atoms with Crippen molar-refractivity contribution in [2.45, 2.75) is 12.8 Å². The van der Waals surface area contributed by atoms with Gasteiger partial charge in [-0.25, -0.2) is 4.98 Å². The highest BCUT2D eigenvalue weighted by Crippen LogP contribution is 2.29. The third kappa shape index (κ3) is 1.24. The van der Waals surface area contributed by atoms with Crippen LogP contribution in [0.3, 0.4) is 0 Å². The minimum absolute atomic E-state index is 0.00222. The van der Waals surface area contributed by atoms with Gasteiger partial charge in [-0.2, -0.15) is 0 Å². The van der Waals surface area contributed by atoms with Crippen LogP contribution in [0.5, 0.6) is 0 Å². The van der Waals surface area contributed by atoms with Crippen molar-refractivity contribution in [3.05, 3.63) is 23.4 Å². The molecule has 0 saturated heterocycles. The summed E-state index contributed by atoms with van der Waals surface area (Å²) in [5, 5.41) is 10.5. The average Bonchev–Trinajstić information content (AvgIpc) is 2.46. The van der Waals surface area contributed by atoms with Crippen LogP contribution < -0.4 is 11.1 Å². The number of nitrogens with two attached hydrogens (primary N) is 1. The Hall–Kier alpha value is -1.58. The number of aromatic nitrogens is 1. The van der Waals surface area contributed by atoms with Crippen LogP contribution in [0.25, 0.3) is 0 Å². The van der Waals surface area contributed by atoms with Crippen molar-refractivity contribution in [2.24, 2.45) is 5.73 Å². The Kier molecular flexibility index (Phi) is 1.69. The predicted molar refractivity (Wildman–Crippen MR) is 52.1 cm³/mol. The summed E-state index contributed by atoms with van der Waals surface area (Å²) in [5.41, 5.74) is 7.63. The Bertz CT molecular complexity index is 359. The molecule has 68 valence electrons. The van der Waals surface area contributed by atoms with Gasteiger partial charge in [0, 0.05) is 18.3 Å². The number of pyridine rings is 1. The summed E-state index contributed by atoms with van der Waals surface area (Å²) in [7, 11) is 0. The molecule has 1 atom stereocenters. The number of anilines is 1. The van der Waals surface area contributed by atoms with Crippen LogP contribution in [-0.2, 0) is 0 Å². The van der Waals surface area contributed by atoms with Crippen molar-refractivity contribution in [1.82, 2.24) is 4.98 Å². The first-order valence-corrected chi connectivity index (χ1v) is 4.23. The predicted octanol–water partition coefficient (Wildman–Crippen LogP) is 0.835. The first-order valence-electron chi connectivity index (χ1n) is 4.23. The quantitative estimate of drug-likeness (QED) is 0.438. The van der Waals surface area contributed by atoms with Crippen LogP contribution >= 0.6 is 0 Å². The monoisotopic (exact) mass is 176 g/mol. The second-order valence-corrected chi connectivity index (χ2v) is 3.34. The lowest BCUT2D eigenvalue weighted by molar-refractivity contribution is 0.971. The molecule has 4 heteroatoms. The maximum Gasteiger partial charge on any atom is 0.129 e. The molecule has 1 aliphatic heterocycles. The maximum absolute atomic E-state index is 7.40. The highest BCUT2D eigenvalue weighted by atomic mass is 15.0. The van der Waals surface area contributed by atoms with E-state index in [0.29, 0.717) is 6.54 Å². The lowest BCUT2D eigenvalue weighted by atomic mass is 10.0. The van der Waals surface area contributed by atoms with Crippen molar-refractivity contribution in [3.63, 3.8) is 0 Å². The molecule has 1 aromatic rings. The molecule has 13 heavy (non-hydrogen) atoms. The summed E-state index contributed by atoms with van der Waals surface area (Å²) in [6.45, 7) is 2.68. The third-order valence-corrected chi connectivity index (χ3v) is 2.28. The highest BCUT2D eigenvalue weighted by Gasteiger charge is 2.25. The van der Waals surface area contributed by atoms with Crippen molar-refractivity contribution >= 4 is 11.7 Å². The number of hydrogen-bond donors (Lipinski definition) is 3. The third-order valence-electron chi connectivity index (χ3n) is 2.28. The van der Waals surface area contributed by atoms with Gasteiger partial charge in [0.2, 0.25) is 0 Å². The molecule has 0 bridgehead atoms. The van der Waals surface area contributed by atoms with E-state index in [0.717, 1.165) is 16.9 Å². The number of nitrogens with one attached hydrogen (secondary N) is 2. The van der Waals surface area contributed by atoms with Gasteiger partial charge in [-0.1, -0.05) is 6.07 Å². The molecule has 4 nitrogen and oxygen atoms in total. The molecule has 0 fully saturated rings. The molecule has 0 spiro atoms. The molecule has 0 radical (unpaired) electrons. The molecule has 0 amide bonds. The zero-order valence-electron chi connectivity index (χ0n) is 7.46. The summed E-state index contributed by atoms with van der Waals surface area (Å²) in [6.07, 6.45) is 1.81. The van der Waals surface area contributed by atoms with Crippen LogP contribution in [0.1, 0.15) is 17.0 Å². The van der Waals surface area contributed by atoms with Crippen molar-refractivity contribution in [3.8, 4) is 0 Å². The Morgan fingerprint density at radius 1 is 1.77 bits per heavy atom. The fourth-order valence-electron chi connectivity index (χ4n) is 1.59. The number of aryl methyl sites for hydroxylation is 1. The second kappa shape index (κ2) is 2.73. The van der Waals surface area contributed by atoms with Gasteiger partial charge in [0.15, 0.2) is 0 Å². The molecule has 0 aromatic carbocycles. The second-order valence-electron chi connectivity index (χ2n) is 3.34. The Balaban J connectivity index is 2.46. The van der Waals surface area contributed by atoms with E-state index in [1.165, 1.54) is 0 Å². The SMILES string of the molecule is Cc1cnc2c(c1)C(C(=N)N)CN2. The van der Waals surface area contributed by atoms with Crippen LogP contribution in [0.2, 0.25) is 0 Å². The molecule has 4 N–H and O–H groups in total. The van der Waals surface area contributed by atoms with Gasteiger partial charge in [-0.15, -0.1) is 0 Å². The topological polar surface area (TPSA) is 74.8 Å². The lowest BCUT2D eigenvalue weighted by Crippen LogP contribution is -2.21. The maximum atomic E-state index is 7.40. The van der Waals surface area contributed by atoms with E-state index in [1.807, 2.05) is 19.2 Å². The number of nitrogens with zero attached hydrogens (tertiary/aromatic N) is 1. The van der Waals surface area contributed by atoms with Crippen LogP contribution in [0.15, 0.2) is 12.3 Å². The van der Waals surface area contributed by atoms with Gasteiger partial charge >= 0.3 is 0 Å². The fraction of sp³-hybridized carbons (Fsp3) is 0.333. The molecular formula is C9H12N4. The molecule has 0 aliphatic carbocycles. The van der Waals surface area contributed by atoms with Crippen molar-refractivity contribution in [1.29, 1.82) is 5.41 Å². The first kappa shape index (κ1) is 8.04. The van der Waals surface area contributed by atoms with E-state index in [-0.39, 0.29) is 11.8 Å². The summed E-state index contributed by atoms with van der Waals surface area (Å²) < 4.78 is 0. The summed E-state index contributed by atoms with van der Waals surface area (Å²) in [4.78, 5) is 4.23. The first-order chi connectivity index (χ1) is 6.18. The standard InChI is InChI=1S/C9H12N4/c1-5-2-6-7(8(10)11)4-13-9(6)12-3-5/h2-3,7H,4H2,1H3,(H3,10,11)(H,12,13). The largest absolute Gasteiger partial charge is 0.387 e. The van der Waals surface area contributed by atoms with Crippen LogP contribution in [0, 0.1) is 12.3 Å². The summed E-state index contributed by atoms with van der Waals surface area (Å²) in [6, 6.07) is 2.04. The highest BCUT2D eigenvalue weighted by molar-refractivity contribution is 5.88. The molecule has 0 saturated carbocycles. The van der Waals surface area contributed by atoms with Gasteiger partial charge in [-0.05, 0) is 12.5 Å². The van der Waals surface area contributed by atoms with Crippen LogP contribution in [0.4, 0.5) is 5.82 Å². The van der Waals surface area contributed by atoms with E-state index in [2.05, 4.69) is 10.3 Å². The van der Waals surface area contributed by atoms with E-state index in [9.17, 15) is 0 Å². The van der Waals surface area contributed by atoms with Gasteiger partial charge in [0.1, 0.15) is 11.7 Å².